The number of esters is 1. The first-order chi connectivity index (χ1) is 12.8. The Balaban J connectivity index is 1.89. The van der Waals surface area contributed by atoms with Crippen molar-refractivity contribution < 1.29 is 22.7 Å². The third-order valence-electron chi connectivity index (χ3n) is 5.68. The van der Waals surface area contributed by atoms with E-state index in [2.05, 4.69) is 0 Å². The molecule has 3 atom stereocenters. The van der Waals surface area contributed by atoms with Crippen molar-refractivity contribution in [2.75, 3.05) is 21.2 Å². The van der Waals surface area contributed by atoms with Crippen LogP contribution in [0.2, 0.25) is 0 Å². The van der Waals surface area contributed by atoms with E-state index in [1.54, 1.807) is 4.90 Å². The topological polar surface area (TPSA) is 84.0 Å². The third-order valence-corrected chi connectivity index (χ3v) is 7.50. The highest BCUT2D eigenvalue weighted by molar-refractivity contribution is 7.89. The second kappa shape index (κ2) is 7.59. The number of benzene rings is 1. The van der Waals surface area contributed by atoms with Crippen molar-refractivity contribution in [1.29, 1.82) is 0 Å². The molecule has 2 aliphatic rings. The van der Waals surface area contributed by atoms with Crippen LogP contribution in [-0.4, -0.2) is 62.8 Å². The molecule has 1 saturated heterocycles. The number of sulfonamides is 1. The minimum absolute atomic E-state index is 0.0422. The fraction of sp³-hybridized carbons (Fsp3) is 0.579. The number of hydrogen-bond donors (Lipinski definition) is 0. The first-order valence-corrected chi connectivity index (χ1v) is 10.6. The van der Waals surface area contributed by atoms with E-state index < -0.39 is 16.1 Å². The normalized spacial score (nSPS) is 25.3. The molecule has 1 saturated carbocycles. The van der Waals surface area contributed by atoms with Gasteiger partial charge in [-0.05, 0) is 49.4 Å². The zero-order valence-corrected chi connectivity index (χ0v) is 16.7. The molecular weight excluding hydrogens is 368 g/mol. The van der Waals surface area contributed by atoms with Crippen LogP contribution in [0.4, 0.5) is 0 Å². The highest BCUT2D eigenvalue weighted by atomic mass is 32.2. The molecule has 1 aliphatic carbocycles. The molecular formula is C19H26N2O5S. The zero-order chi connectivity index (χ0) is 19.8. The van der Waals surface area contributed by atoms with E-state index in [4.69, 9.17) is 4.74 Å². The number of ether oxygens (including phenoxy) is 1. The molecule has 0 unspecified atom stereocenters. The standard InChI is InChI=1S/C19H26N2O5S/c1-20(2)27(24,25)15-10-8-13(9-11-15)18(22)21-16-7-5-4-6-14(16)12-17(21)19(23)26-3/h8-11,14,16-17H,4-7,12H2,1-3H3/t14-,16-,17+/m1/s1. The van der Waals surface area contributed by atoms with Gasteiger partial charge in [0, 0.05) is 25.7 Å². The van der Waals surface area contributed by atoms with Gasteiger partial charge in [0.25, 0.3) is 5.91 Å². The number of amides is 1. The summed E-state index contributed by atoms with van der Waals surface area (Å²) in [6.45, 7) is 0. The number of carbonyl (C=O) groups is 2. The molecule has 0 spiro atoms. The number of rotatable bonds is 4. The van der Waals surface area contributed by atoms with E-state index in [1.807, 2.05) is 0 Å². The number of methoxy groups -OCH3 is 1. The van der Waals surface area contributed by atoms with E-state index in [0.29, 0.717) is 17.9 Å². The fourth-order valence-electron chi connectivity index (χ4n) is 4.23. The third kappa shape index (κ3) is 3.60. The maximum absolute atomic E-state index is 13.2. The summed E-state index contributed by atoms with van der Waals surface area (Å²) in [5, 5.41) is 0. The maximum Gasteiger partial charge on any atom is 0.328 e. The minimum atomic E-state index is -3.55. The highest BCUT2D eigenvalue weighted by Crippen LogP contribution is 2.40. The van der Waals surface area contributed by atoms with Gasteiger partial charge in [0.15, 0.2) is 0 Å². The maximum atomic E-state index is 13.2. The minimum Gasteiger partial charge on any atom is -0.467 e. The summed E-state index contributed by atoms with van der Waals surface area (Å²) >= 11 is 0. The van der Waals surface area contributed by atoms with E-state index >= 15 is 0 Å². The Kier molecular flexibility index (Phi) is 5.58. The monoisotopic (exact) mass is 394 g/mol. The molecule has 2 fully saturated rings. The largest absolute Gasteiger partial charge is 0.467 e. The Labute approximate surface area is 160 Å². The number of carbonyl (C=O) groups excluding carboxylic acids is 2. The Morgan fingerprint density at radius 3 is 2.33 bits per heavy atom. The van der Waals surface area contributed by atoms with Crippen LogP contribution in [0.15, 0.2) is 29.2 Å². The summed E-state index contributed by atoms with van der Waals surface area (Å²) in [4.78, 5) is 27.3. The first kappa shape index (κ1) is 19.8. The molecule has 148 valence electrons. The zero-order valence-electron chi connectivity index (χ0n) is 15.9. The molecule has 1 aromatic carbocycles. The van der Waals surface area contributed by atoms with Crippen molar-refractivity contribution in [3.63, 3.8) is 0 Å². The van der Waals surface area contributed by atoms with Gasteiger partial charge in [-0.15, -0.1) is 0 Å². The summed E-state index contributed by atoms with van der Waals surface area (Å²) < 4.78 is 30.5. The van der Waals surface area contributed by atoms with Crippen LogP contribution in [0.25, 0.3) is 0 Å². The number of hydrogen-bond acceptors (Lipinski definition) is 5. The van der Waals surface area contributed by atoms with Crippen LogP contribution in [0, 0.1) is 5.92 Å². The van der Waals surface area contributed by atoms with E-state index in [1.165, 1.54) is 45.5 Å². The average Bonchev–Trinajstić information content (AvgIpc) is 3.06. The second-order valence-electron chi connectivity index (χ2n) is 7.41. The molecule has 0 N–H and O–H groups in total. The predicted molar refractivity (Wildman–Crippen MR) is 99.7 cm³/mol. The molecule has 8 heteroatoms. The summed E-state index contributed by atoms with van der Waals surface area (Å²) in [6.07, 6.45) is 4.70. The van der Waals surface area contributed by atoms with E-state index in [0.717, 1.165) is 30.0 Å². The van der Waals surface area contributed by atoms with Crippen LogP contribution in [0.1, 0.15) is 42.5 Å². The van der Waals surface area contributed by atoms with Gasteiger partial charge in [0.2, 0.25) is 10.0 Å². The quantitative estimate of drug-likeness (QED) is 0.728. The molecule has 0 aromatic heterocycles. The molecule has 1 aliphatic heterocycles. The SMILES string of the molecule is COC(=O)[C@@H]1C[C@H]2CCCC[C@H]2N1C(=O)c1ccc(S(=O)(=O)N(C)C)cc1. The number of likely N-dealkylation sites (tertiary alicyclic amines) is 1. The van der Waals surface area contributed by atoms with Crippen LogP contribution in [0.5, 0.6) is 0 Å². The lowest BCUT2D eigenvalue weighted by Crippen LogP contribution is -2.46. The van der Waals surface area contributed by atoms with E-state index in [-0.39, 0.29) is 22.8 Å². The summed E-state index contributed by atoms with van der Waals surface area (Å²) in [7, 11) is 0.712. The van der Waals surface area contributed by atoms with Crippen LogP contribution in [0.3, 0.4) is 0 Å². The van der Waals surface area contributed by atoms with Crippen LogP contribution < -0.4 is 0 Å². The molecule has 1 heterocycles. The van der Waals surface area contributed by atoms with Crippen LogP contribution >= 0.6 is 0 Å². The fourth-order valence-corrected chi connectivity index (χ4v) is 5.13. The van der Waals surface area contributed by atoms with E-state index in [9.17, 15) is 18.0 Å². The van der Waals surface area contributed by atoms with Crippen molar-refractivity contribution in [3.05, 3.63) is 29.8 Å². The average molecular weight is 394 g/mol. The Morgan fingerprint density at radius 1 is 1.11 bits per heavy atom. The van der Waals surface area contributed by atoms with Crippen molar-refractivity contribution in [2.45, 2.75) is 49.1 Å². The lowest BCUT2D eigenvalue weighted by Gasteiger charge is -2.33. The molecule has 0 radical (unpaired) electrons. The highest BCUT2D eigenvalue weighted by Gasteiger charge is 2.48. The summed E-state index contributed by atoms with van der Waals surface area (Å²) in [6, 6.07) is 5.38. The molecule has 7 nitrogen and oxygen atoms in total. The molecule has 0 bridgehead atoms. The van der Waals surface area contributed by atoms with Gasteiger partial charge >= 0.3 is 5.97 Å². The molecule has 27 heavy (non-hydrogen) atoms. The lowest BCUT2D eigenvalue weighted by atomic mass is 9.84. The Bertz CT molecular complexity index is 819. The smallest absolute Gasteiger partial charge is 0.328 e. The molecule has 1 amide bonds. The Morgan fingerprint density at radius 2 is 1.74 bits per heavy atom. The van der Waals surface area contributed by atoms with Gasteiger partial charge < -0.3 is 9.64 Å². The van der Waals surface area contributed by atoms with Gasteiger partial charge in [-0.25, -0.2) is 17.5 Å². The predicted octanol–water partition coefficient (Wildman–Crippen LogP) is 1.88. The first-order valence-electron chi connectivity index (χ1n) is 9.20. The van der Waals surface area contributed by atoms with Gasteiger partial charge in [0.1, 0.15) is 6.04 Å². The van der Waals surface area contributed by atoms with Crippen molar-refractivity contribution in [3.8, 4) is 0 Å². The van der Waals surface area contributed by atoms with Gasteiger partial charge in [-0.2, -0.15) is 0 Å². The number of nitrogens with zero attached hydrogens (tertiary/aromatic N) is 2. The van der Waals surface area contributed by atoms with Crippen LogP contribution in [-0.2, 0) is 19.6 Å². The Hall–Kier alpha value is -1.93. The van der Waals surface area contributed by atoms with Crippen molar-refractivity contribution in [2.24, 2.45) is 5.92 Å². The van der Waals surface area contributed by atoms with Crippen molar-refractivity contribution >= 4 is 21.9 Å². The molecule has 3 rings (SSSR count). The molecule has 1 aromatic rings. The summed E-state index contributed by atoms with van der Waals surface area (Å²) in [5.74, 6) is -0.307. The second-order valence-corrected chi connectivity index (χ2v) is 9.56. The van der Waals surface area contributed by atoms with Crippen molar-refractivity contribution in [1.82, 2.24) is 9.21 Å². The number of fused-ring (bicyclic) bond motifs is 1. The van der Waals surface area contributed by atoms with Gasteiger partial charge in [-0.1, -0.05) is 12.8 Å². The summed E-state index contributed by atoms with van der Waals surface area (Å²) in [5.41, 5.74) is 0.382. The van der Waals surface area contributed by atoms with Gasteiger partial charge in [0.05, 0.1) is 12.0 Å². The van der Waals surface area contributed by atoms with Gasteiger partial charge in [-0.3, -0.25) is 4.79 Å². The lowest BCUT2D eigenvalue weighted by molar-refractivity contribution is -0.145.